The van der Waals surface area contributed by atoms with Crippen LogP contribution < -0.4 is 5.32 Å². The highest BCUT2D eigenvalue weighted by atomic mass is 15.2. The summed E-state index contributed by atoms with van der Waals surface area (Å²) < 4.78 is 0. The lowest BCUT2D eigenvalue weighted by Gasteiger charge is -2.24. The van der Waals surface area contributed by atoms with Gasteiger partial charge in [-0.05, 0) is 55.8 Å². The van der Waals surface area contributed by atoms with Crippen molar-refractivity contribution in [3.8, 4) is 11.8 Å². The number of hydrogen-bond donors (Lipinski definition) is 1. The summed E-state index contributed by atoms with van der Waals surface area (Å²) in [6.07, 6.45) is 2.59. The van der Waals surface area contributed by atoms with Gasteiger partial charge in [0.15, 0.2) is 0 Å². The van der Waals surface area contributed by atoms with E-state index in [0.29, 0.717) is 6.04 Å². The topological polar surface area (TPSA) is 15.3 Å². The lowest BCUT2D eigenvalue weighted by molar-refractivity contribution is 0.266. The molecule has 0 saturated carbocycles. The normalized spacial score (nSPS) is 16.9. The third-order valence-corrected chi connectivity index (χ3v) is 4.81. The summed E-state index contributed by atoms with van der Waals surface area (Å²) in [4.78, 5) is 2.54. The number of nitrogens with zero attached hydrogens (tertiary/aromatic N) is 1. The van der Waals surface area contributed by atoms with Gasteiger partial charge in [0, 0.05) is 29.4 Å². The molecule has 0 spiro atoms. The van der Waals surface area contributed by atoms with Crippen molar-refractivity contribution >= 4 is 5.70 Å². The van der Waals surface area contributed by atoms with Crippen LogP contribution in [0.5, 0.6) is 0 Å². The summed E-state index contributed by atoms with van der Waals surface area (Å²) in [5.74, 6) is 6.40. The highest BCUT2D eigenvalue weighted by Gasteiger charge is 2.22. The smallest absolute Gasteiger partial charge is 0.0341 e. The summed E-state index contributed by atoms with van der Waals surface area (Å²) in [6.45, 7) is 9.77. The fraction of sp³-hybridized carbons (Fsp3) is 0.304. The molecule has 1 fully saturated rings. The quantitative estimate of drug-likeness (QED) is 0.829. The van der Waals surface area contributed by atoms with Gasteiger partial charge in [0.25, 0.3) is 0 Å². The number of rotatable bonds is 5. The van der Waals surface area contributed by atoms with Crippen molar-refractivity contribution in [1.82, 2.24) is 10.2 Å². The van der Waals surface area contributed by atoms with Crippen LogP contribution in [-0.4, -0.2) is 30.6 Å². The zero-order valence-corrected chi connectivity index (χ0v) is 15.0. The fourth-order valence-corrected chi connectivity index (χ4v) is 3.31. The average molecular weight is 330 g/mol. The predicted octanol–water partition coefficient (Wildman–Crippen LogP) is 4.13. The van der Waals surface area contributed by atoms with Gasteiger partial charge in [0.1, 0.15) is 0 Å². The fourth-order valence-electron chi connectivity index (χ4n) is 3.31. The van der Waals surface area contributed by atoms with Gasteiger partial charge in [-0.3, -0.25) is 4.90 Å². The minimum Gasteiger partial charge on any atom is -0.383 e. The second kappa shape index (κ2) is 8.55. The van der Waals surface area contributed by atoms with Gasteiger partial charge in [-0.15, -0.1) is 0 Å². The Morgan fingerprint density at radius 3 is 2.44 bits per heavy atom. The molecule has 0 amide bonds. The lowest BCUT2D eigenvalue weighted by Crippen LogP contribution is -2.37. The van der Waals surface area contributed by atoms with Crippen LogP contribution in [0.25, 0.3) is 5.70 Å². The van der Waals surface area contributed by atoms with E-state index in [-0.39, 0.29) is 0 Å². The number of nitrogens with one attached hydrogen (secondary N) is 1. The van der Waals surface area contributed by atoms with Gasteiger partial charge in [-0.25, -0.2) is 0 Å². The predicted molar refractivity (Wildman–Crippen MR) is 106 cm³/mol. The molecule has 2 aromatic carbocycles. The molecule has 2 heteroatoms. The van der Waals surface area contributed by atoms with Gasteiger partial charge >= 0.3 is 0 Å². The maximum atomic E-state index is 4.19. The van der Waals surface area contributed by atoms with Crippen LogP contribution in [0, 0.1) is 11.8 Å². The maximum absolute atomic E-state index is 4.19. The first-order valence-electron chi connectivity index (χ1n) is 9.10. The Labute approximate surface area is 151 Å². The van der Waals surface area contributed by atoms with E-state index < -0.39 is 0 Å². The Bertz CT molecular complexity index is 750. The van der Waals surface area contributed by atoms with Crippen molar-refractivity contribution in [3.63, 3.8) is 0 Å². The number of benzene rings is 2. The van der Waals surface area contributed by atoms with E-state index >= 15 is 0 Å². The molecule has 1 atom stereocenters. The van der Waals surface area contributed by atoms with E-state index in [1.165, 1.54) is 19.4 Å². The number of hydrogen-bond acceptors (Lipinski definition) is 2. The van der Waals surface area contributed by atoms with Crippen LogP contribution in [0.4, 0.5) is 0 Å². The summed E-state index contributed by atoms with van der Waals surface area (Å²) in [5, 5.41) is 3.51. The van der Waals surface area contributed by atoms with Crippen LogP contribution >= 0.6 is 0 Å². The van der Waals surface area contributed by atoms with E-state index in [1.807, 2.05) is 30.3 Å². The highest BCUT2D eigenvalue weighted by molar-refractivity contribution is 5.62. The number of likely N-dealkylation sites (tertiary alicyclic amines) is 1. The minimum atomic E-state index is 0.637. The number of likely N-dealkylation sites (N-methyl/N-ethyl adjacent to an activating group) is 1. The molecular weight excluding hydrogens is 304 g/mol. The Hall–Kier alpha value is -2.50. The molecule has 128 valence electrons. The van der Waals surface area contributed by atoms with Crippen molar-refractivity contribution < 1.29 is 0 Å². The van der Waals surface area contributed by atoms with Gasteiger partial charge in [-0.1, -0.05) is 55.7 Å². The van der Waals surface area contributed by atoms with Crippen molar-refractivity contribution in [2.45, 2.75) is 25.8 Å². The van der Waals surface area contributed by atoms with E-state index in [2.05, 4.69) is 59.8 Å². The Balaban J connectivity index is 1.56. The summed E-state index contributed by atoms with van der Waals surface area (Å²) in [7, 11) is 0. The molecule has 1 N–H and O–H groups in total. The first kappa shape index (κ1) is 17.3. The molecule has 1 heterocycles. The van der Waals surface area contributed by atoms with Crippen molar-refractivity contribution in [3.05, 3.63) is 77.9 Å². The minimum absolute atomic E-state index is 0.637. The third kappa shape index (κ3) is 4.75. The first-order valence-corrected chi connectivity index (χ1v) is 9.10. The van der Waals surface area contributed by atoms with Gasteiger partial charge in [0.2, 0.25) is 0 Å². The van der Waals surface area contributed by atoms with Crippen LogP contribution in [0.1, 0.15) is 36.5 Å². The van der Waals surface area contributed by atoms with Crippen LogP contribution in [0.3, 0.4) is 0 Å². The van der Waals surface area contributed by atoms with Crippen molar-refractivity contribution in [2.75, 3.05) is 19.6 Å². The summed E-state index contributed by atoms with van der Waals surface area (Å²) in [6, 6.07) is 19.0. The zero-order valence-electron chi connectivity index (χ0n) is 15.0. The maximum Gasteiger partial charge on any atom is 0.0341 e. The van der Waals surface area contributed by atoms with Crippen LogP contribution in [0.15, 0.2) is 61.2 Å². The summed E-state index contributed by atoms with van der Waals surface area (Å²) in [5.41, 5.74) is 4.18. The molecule has 25 heavy (non-hydrogen) atoms. The lowest BCUT2D eigenvalue weighted by atomic mass is 10.1. The van der Waals surface area contributed by atoms with Gasteiger partial charge in [0.05, 0.1) is 0 Å². The molecule has 0 aliphatic carbocycles. The van der Waals surface area contributed by atoms with E-state index in [1.54, 1.807) is 0 Å². The molecule has 1 saturated heterocycles. The van der Waals surface area contributed by atoms with Gasteiger partial charge in [-0.2, -0.15) is 0 Å². The molecule has 0 unspecified atom stereocenters. The first-order chi connectivity index (χ1) is 12.3. The molecule has 2 nitrogen and oxygen atoms in total. The molecule has 1 aliphatic heterocycles. The van der Waals surface area contributed by atoms with Crippen LogP contribution in [0.2, 0.25) is 0 Å². The van der Waals surface area contributed by atoms with E-state index in [4.69, 9.17) is 0 Å². The monoisotopic (exact) mass is 330 g/mol. The van der Waals surface area contributed by atoms with Crippen molar-refractivity contribution in [2.24, 2.45) is 0 Å². The molecule has 0 aromatic heterocycles. The zero-order chi connectivity index (χ0) is 17.5. The second-order valence-electron chi connectivity index (χ2n) is 6.48. The van der Waals surface area contributed by atoms with Crippen molar-refractivity contribution in [1.29, 1.82) is 0 Å². The molecule has 3 rings (SSSR count). The van der Waals surface area contributed by atoms with E-state index in [0.717, 1.165) is 35.5 Å². The van der Waals surface area contributed by atoms with E-state index in [9.17, 15) is 0 Å². The molecule has 1 aliphatic rings. The Morgan fingerprint density at radius 2 is 1.76 bits per heavy atom. The highest BCUT2D eigenvalue weighted by Crippen LogP contribution is 2.17. The van der Waals surface area contributed by atoms with Gasteiger partial charge < -0.3 is 5.32 Å². The second-order valence-corrected chi connectivity index (χ2v) is 6.48. The average Bonchev–Trinajstić information content (AvgIpc) is 3.13. The largest absolute Gasteiger partial charge is 0.383 e. The Kier molecular flexibility index (Phi) is 5.93. The molecule has 2 aromatic rings. The molecule has 0 bridgehead atoms. The molecule has 0 radical (unpaired) electrons. The molecular formula is C23H26N2. The third-order valence-electron chi connectivity index (χ3n) is 4.81. The summed E-state index contributed by atoms with van der Waals surface area (Å²) >= 11 is 0. The van der Waals surface area contributed by atoms with Crippen LogP contribution in [-0.2, 0) is 0 Å². The standard InChI is InChI=1S/C23H26N2/c1-3-25-17-7-10-23(25)18-24-19(2)22-15-13-21(14-16-22)12-11-20-8-5-4-6-9-20/h4-6,8-9,13-16,23-24H,2-3,7,10,17-18H2,1H3/t23-/m0/s1. The Morgan fingerprint density at radius 1 is 1.08 bits per heavy atom. The SMILES string of the molecule is C=C(NC[C@@H]1CCCN1CC)c1ccc(C#Cc2ccccc2)cc1.